The Morgan fingerprint density at radius 2 is 1.88 bits per heavy atom. The lowest BCUT2D eigenvalue weighted by molar-refractivity contribution is 0.395. The minimum absolute atomic E-state index is 0.646. The molecule has 0 radical (unpaired) electrons. The van der Waals surface area contributed by atoms with Crippen molar-refractivity contribution >= 4 is 11.6 Å². The van der Waals surface area contributed by atoms with Gasteiger partial charge in [0.1, 0.15) is 11.5 Å². The van der Waals surface area contributed by atoms with Gasteiger partial charge in [-0.15, -0.1) is 0 Å². The number of hydrogen-bond donors (Lipinski definition) is 0. The van der Waals surface area contributed by atoms with E-state index in [-0.39, 0.29) is 0 Å². The van der Waals surface area contributed by atoms with E-state index < -0.39 is 0 Å². The van der Waals surface area contributed by atoms with Gasteiger partial charge in [-0.2, -0.15) is 0 Å². The Balaban J connectivity index is 2.51. The van der Waals surface area contributed by atoms with Gasteiger partial charge in [0.2, 0.25) is 0 Å². The number of pyridine rings is 1. The summed E-state index contributed by atoms with van der Waals surface area (Å²) in [5, 5.41) is 0.646. The van der Waals surface area contributed by atoms with E-state index in [4.69, 9.17) is 21.1 Å². The van der Waals surface area contributed by atoms with Crippen LogP contribution in [0.15, 0.2) is 36.5 Å². The molecule has 4 heteroatoms. The molecule has 0 saturated carbocycles. The van der Waals surface area contributed by atoms with Gasteiger partial charge in [0.15, 0.2) is 0 Å². The summed E-state index contributed by atoms with van der Waals surface area (Å²) in [5.74, 6) is 1.45. The third-order valence-electron chi connectivity index (χ3n) is 2.41. The number of ether oxygens (including phenoxy) is 2. The SMILES string of the molecule is COc1ccc(-c2cc(Cl)ccn2)c(OC)c1. The maximum Gasteiger partial charge on any atom is 0.131 e. The number of aromatic nitrogens is 1. The molecule has 0 fully saturated rings. The van der Waals surface area contributed by atoms with Crippen molar-refractivity contribution in [1.82, 2.24) is 4.98 Å². The van der Waals surface area contributed by atoms with Crippen molar-refractivity contribution in [2.45, 2.75) is 0 Å². The minimum atomic E-state index is 0.646. The average Bonchev–Trinajstić information content (AvgIpc) is 2.38. The fourth-order valence-corrected chi connectivity index (χ4v) is 1.72. The Kier molecular flexibility index (Phi) is 3.49. The molecule has 0 aliphatic rings. The quantitative estimate of drug-likeness (QED) is 0.835. The Hall–Kier alpha value is -1.74. The Morgan fingerprint density at radius 3 is 2.53 bits per heavy atom. The second kappa shape index (κ2) is 5.06. The van der Waals surface area contributed by atoms with Crippen LogP contribution in [0.4, 0.5) is 0 Å². The molecule has 0 N–H and O–H groups in total. The molecule has 0 unspecified atom stereocenters. The van der Waals surface area contributed by atoms with Crippen molar-refractivity contribution in [3.63, 3.8) is 0 Å². The first-order chi connectivity index (χ1) is 8.24. The molecule has 1 aromatic carbocycles. The molecule has 0 aliphatic carbocycles. The van der Waals surface area contributed by atoms with Crippen molar-refractivity contribution in [1.29, 1.82) is 0 Å². The number of hydrogen-bond acceptors (Lipinski definition) is 3. The van der Waals surface area contributed by atoms with Crippen LogP contribution in [0.25, 0.3) is 11.3 Å². The second-order valence-corrected chi connectivity index (χ2v) is 3.86. The molecule has 1 aromatic heterocycles. The lowest BCUT2D eigenvalue weighted by atomic mass is 10.1. The van der Waals surface area contributed by atoms with Gasteiger partial charge in [0.05, 0.1) is 19.9 Å². The normalized spacial score (nSPS) is 10.1. The molecule has 0 amide bonds. The smallest absolute Gasteiger partial charge is 0.131 e. The Labute approximate surface area is 105 Å². The molecular formula is C13H12ClNO2. The van der Waals surface area contributed by atoms with Crippen molar-refractivity contribution < 1.29 is 9.47 Å². The predicted molar refractivity (Wildman–Crippen MR) is 67.8 cm³/mol. The van der Waals surface area contributed by atoms with Crippen LogP contribution in [0.5, 0.6) is 11.5 Å². The van der Waals surface area contributed by atoms with E-state index in [2.05, 4.69) is 4.98 Å². The van der Waals surface area contributed by atoms with Gasteiger partial charge >= 0.3 is 0 Å². The summed E-state index contributed by atoms with van der Waals surface area (Å²) in [6, 6.07) is 9.11. The molecule has 2 aromatic rings. The highest BCUT2D eigenvalue weighted by molar-refractivity contribution is 6.30. The fraction of sp³-hybridized carbons (Fsp3) is 0.154. The number of nitrogens with zero attached hydrogens (tertiary/aromatic N) is 1. The molecule has 1 heterocycles. The van der Waals surface area contributed by atoms with Crippen molar-refractivity contribution in [2.75, 3.05) is 14.2 Å². The van der Waals surface area contributed by atoms with Crippen LogP contribution in [0.1, 0.15) is 0 Å². The molecule has 0 aliphatic heterocycles. The van der Waals surface area contributed by atoms with E-state index in [1.54, 1.807) is 32.5 Å². The summed E-state index contributed by atoms with van der Waals surface area (Å²) in [7, 11) is 3.23. The maximum absolute atomic E-state index is 5.94. The molecule has 0 spiro atoms. The number of methoxy groups -OCH3 is 2. The van der Waals surface area contributed by atoms with Crippen LogP contribution in [0.3, 0.4) is 0 Å². The summed E-state index contributed by atoms with van der Waals surface area (Å²) in [6.07, 6.45) is 1.67. The summed E-state index contributed by atoms with van der Waals surface area (Å²) in [5.41, 5.74) is 1.66. The number of rotatable bonds is 3. The van der Waals surface area contributed by atoms with Gasteiger partial charge in [0, 0.05) is 22.8 Å². The first-order valence-electron chi connectivity index (χ1n) is 5.08. The number of halogens is 1. The molecule has 88 valence electrons. The highest BCUT2D eigenvalue weighted by Crippen LogP contribution is 2.32. The molecule has 17 heavy (non-hydrogen) atoms. The molecule has 0 bridgehead atoms. The Bertz CT molecular complexity index is 529. The summed E-state index contributed by atoms with van der Waals surface area (Å²) in [4.78, 5) is 4.27. The highest BCUT2D eigenvalue weighted by atomic mass is 35.5. The zero-order valence-corrected chi connectivity index (χ0v) is 10.4. The average molecular weight is 250 g/mol. The van der Waals surface area contributed by atoms with Gasteiger partial charge in [-0.25, -0.2) is 0 Å². The predicted octanol–water partition coefficient (Wildman–Crippen LogP) is 3.42. The van der Waals surface area contributed by atoms with Crippen LogP contribution < -0.4 is 9.47 Å². The second-order valence-electron chi connectivity index (χ2n) is 3.43. The van der Waals surface area contributed by atoms with Crippen LogP contribution in [-0.2, 0) is 0 Å². The molecule has 0 saturated heterocycles. The van der Waals surface area contributed by atoms with Crippen molar-refractivity contribution in [3.8, 4) is 22.8 Å². The molecular weight excluding hydrogens is 238 g/mol. The van der Waals surface area contributed by atoms with Crippen LogP contribution in [0, 0.1) is 0 Å². The van der Waals surface area contributed by atoms with Crippen LogP contribution >= 0.6 is 11.6 Å². The standard InChI is InChI=1S/C13H12ClNO2/c1-16-10-3-4-11(13(8-10)17-2)12-7-9(14)5-6-15-12/h3-8H,1-2H3. The highest BCUT2D eigenvalue weighted by Gasteiger charge is 2.08. The van der Waals surface area contributed by atoms with Gasteiger partial charge in [0.25, 0.3) is 0 Å². The van der Waals surface area contributed by atoms with Gasteiger partial charge in [-0.3, -0.25) is 4.98 Å². The van der Waals surface area contributed by atoms with Gasteiger partial charge < -0.3 is 9.47 Å². The Morgan fingerprint density at radius 1 is 1.06 bits per heavy atom. The largest absolute Gasteiger partial charge is 0.497 e. The van der Waals surface area contributed by atoms with Crippen LogP contribution in [0.2, 0.25) is 5.02 Å². The van der Waals surface area contributed by atoms with E-state index in [9.17, 15) is 0 Å². The third kappa shape index (κ3) is 2.50. The first kappa shape index (κ1) is 11.7. The third-order valence-corrected chi connectivity index (χ3v) is 2.64. The van der Waals surface area contributed by atoms with Crippen molar-refractivity contribution in [3.05, 3.63) is 41.6 Å². The lowest BCUT2D eigenvalue weighted by Crippen LogP contribution is -1.91. The van der Waals surface area contributed by atoms with E-state index in [1.165, 1.54) is 0 Å². The first-order valence-corrected chi connectivity index (χ1v) is 5.46. The van der Waals surface area contributed by atoms with Crippen LogP contribution in [-0.4, -0.2) is 19.2 Å². The van der Waals surface area contributed by atoms with E-state index >= 15 is 0 Å². The summed E-state index contributed by atoms with van der Waals surface area (Å²) < 4.78 is 10.5. The maximum atomic E-state index is 5.94. The number of benzene rings is 1. The van der Waals surface area contributed by atoms with E-state index in [0.717, 1.165) is 17.0 Å². The van der Waals surface area contributed by atoms with Gasteiger partial charge in [-0.1, -0.05) is 11.6 Å². The zero-order chi connectivity index (χ0) is 12.3. The van der Waals surface area contributed by atoms with E-state index in [1.807, 2.05) is 18.2 Å². The fourth-order valence-electron chi connectivity index (χ4n) is 1.56. The minimum Gasteiger partial charge on any atom is -0.497 e. The topological polar surface area (TPSA) is 31.4 Å². The molecule has 2 rings (SSSR count). The molecule has 3 nitrogen and oxygen atoms in total. The summed E-state index contributed by atoms with van der Waals surface area (Å²) >= 11 is 5.94. The van der Waals surface area contributed by atoms with Crippen molar-refractivity contribution in [2.24, 2.45) is 0 Å². The van der Waals surface area contributed by atoms with E-state index in [0.29, 0.717) is 10.8 Å². The monoisotopic (exact) mass is 249 g/mol. The zero-order valence-electron chi connectivity index (χ0n) is 9.61. The lowest BCUT2D eigenvalue weighted by Gasteiger charge is -2.09. The summed E-state index contributed by atoms with van der Waals surface area (Å²) in [6.45, 7) is 0. The molecule has 0 atom stereocenters. The van der Waals surface area contributed by atoms with Gasteiger partial charge in [-0.05, 0) is 24.3 Å².